The van der Waals surface area contributed by atoms with Gasteiger partial charge in [-0.05, 0) is 32.9 Å². The fourth-order valence-corrected chi connectivity index (χ4v) is 4.20. The Balaban J connectivity index is 0.00000176. The van der Waals surface area contributed by atoms with Gasteiger partial charge in [0, 0.05) is 36.3 Å². The molecular weight excluding hydrogens is 320 g/mol. The van der Waals surface area contributed by atoms with E-state index in [1.165, 1.54) is 10.6 Å². The van der Waals surface area contributed by atoms with Gasteiger partial charge >= 0.3 is 0 Å². The molecule has 0 bridgehead atoms. The number of nitrogens with one attached hydrogen (secondary N) is 2. The second kappa shape index (κ2) is 7.73. The lowest BCUT2D eigenvalue weighted by atomic mass is 9.92. The van der Waals surface area contributed by atoms with E-state index < -0.39 is 0 Å². The van der Waals surface area contributed by atoms with Crippen LogP contribution in [0.3, 0.4) is 0 Å². The molecule has 3 heterocycles. The molecule has 1 saturated heterocycles. The Hall–Kier alpha value is -0.690. The van der Waals surface area contributed by atoms with Gasteiger partial charge in [-0.1, -0.05) is 6.92 Å². The van der Waals surface area contributed by atoms with Gasteiger partial charge in [0.1, 0.15) is 0 Å². The van der Waals surface area contributed by atoms with Gasteiger partial charge in [-0.25, -0.2) is 4.98 Å². The fraction of sp³-hybridized carbons (Fsp3) is 0.733. The highest BCUT2D eigenvalue weighted by atomic mass is 35.5. The summed E-state index contributed by atoms with van der Waals surface area (Å²) in [7, 11) is 0. The minimum atomic E-state index is 0. The molecule has 1 aromatic rings. The van der Waals surface area contributed by atoms with Crippen LogP contribution in [0.1, 0.15) is 37.3 Å². The number of amides is 1. The van der Waals surface area contributed by atoms with Crippen molar-refractivity contribution in [1.29, 1.82) is 0 Å². The van der Waals surface area contributed by atoms with E-state index in [4.69, 9.17) is 0 Å². The molecule has 3 rings (SSSR count). The Morgan fingerprint density at radius 3 is 3.09 bits per heavy atom. The Bertz CT molecular complexity index is 522. The van der Waals surface area contributed by atoms with Gasteiger partial charge in [0.15, 0.2) is 5.13 Å². The Morgan fingerprint density at radius 1 is 1.55 bits per heavy atom. The van der Waals surface area contributed by atoms with Crippen molar-refractivity contribution >= 4 is 34.8 Å². The molecule has 0 radical (unpaired) electrons. The monoisotopic (exact) mass is 344 g/mol. The van der Waals surface area contributed by atoms with Gasteiger partial charge in [-0.2, -0.15) is 0 Å². The van der Waals surface area contributed by atoms with E-state index in [0.717, 1.165) is 50.6 Å². The van der Waals surface area contributed by atoms with Crippen LogP contribution < -0.4 is 10.6 Å². The smallest absolute Gasteiger partial charge is 0.229 e. The molecule has 2 aliphatic heterocycles. The fourth-order valence-electron chi connectivity index (χ4n) is 3.15. The summed E-state index contributed by atoms with van der Waals surface area (Å²) in [5.74, 6) is 0.260. The zero-order chi connectivity index (χ0) is 14.8. The van der Waals surface area contributed by atoms with Crippen LogP contribution in [-0.2, 0) is 17.8 Å². The molecule has 0 spiro atoms. The molecule has 1 aromatic heterocycles. The van der Waals surface area contributed by atoms with E-state index in [1.807, 2.05) is 0 Å². The largest absolute Gasteiger partial charge is 0.314 e. The number of carbonyl (C=O) groups excluding carboxylic acids is 1. The van der Waals surface area contributed by atoms with Crippen molar-refractivity contribution in [1.82, 2.24) is 15.2 Å². The molecule has 22 heavy (non-hydrogen) atoms. The van der Waals surface area contributed by atoms with Crippen LogP contribution in [-0.4, -0.2) is 41.5 Å². The number of aromatic nitrogens is 1. The standard InChI is InChI=1S/C15H24N4OS.ClH/c1-3-19-7-5-12-13(9-19)21-15(17-12)18-14(20)11-4-6-16-10(2)8-11;/h10-11,16H,3-9H2,1-2H3,(H,17,18,20);1H/t10-,11-;/m0./s1. The average Bonchev–Trinajstić information content (AvgIpc) is 2.88. The summed E-state index contributed by atoms with van der Waals surface area (Å²) in [6.07, 6.45) is 2.84. The van der Waals surface area contributed by atoms with Crippen molar-refractivity contribution in [3.63, 3.8) is 0 Å². The highest BCUT2D eigenvalue weighted by Gasteiger charge is 2.26. The molecule has 7 heteroatoms. The zero-order valence-electron chi connectivity index (χ0n) is 13.2. The number of anilines is 1. The van der Waals surface area contributed by atoms with Crippen LogP contribution in [0.15, 0.2) is 0 Å². The third kappa shape index (κ3) is 3.98. The number of thiazole rings is 1. The molecule has 2 atom stereocenters. The van der Waals surface area contributed by atoms with Crippen LogP contribution in [0.2, 0.25) is 0 Å². The maximum absolute atomic E-state index is 12.4. The van der Waals surface area contributed by atoms with Crippen molar-refractivity contribution in [3.8, 4) is 0 Å². The quantitative estimate of drug-likeness (QED) is 0.883. The molecule has 1 fully saturated rings. The molecule has 0 aromatic carbocycles. The van der Waals surface area contributed by atoms with Gasteiger partial charge < -0.3 is 10.6 Å². The minimum Gasteiger partial charge on any atom is -0.314 e. The van der Waals surface area contributed by atoms with Gasteiger partial charge in [0.05, 0.1) is 5.69 Å². The summed E-state index contributed by atoms with van der Waals surface area (Å²) < 4.78 is 0. The predicted molar refractivity (Wildman–Crippen MR) is 92.8 cm³/mol. The second-order valence-electron chi connectivity index (χ2n) is 6.07. The molecule has 0 saturated carbocycles. The first-order chi connectivity index (χ1) is 10.2. The number of hydrogen-bond acceptors (Lipinski definition) is 5. The van der Waals surface area contributed by atoms with Crippen LogP contribution in [0.4, 0.5) is 5.13 Å². The van der Waals surface area contributed by atoms with Crippen LogP contribution in [0, 0.1) is 5.92 Å². The normalized spacial score (nSPS) is 25.2. The van der Waals surface area contributed by atoms with E-state index in [1.54, 1.807) is 11.3 Å². The number of piperidine rings is 1. The number of halogens is 1. The molecule has 5 nitrogen and oxygen atoms in total. The van der Waals surface area contributed by atoms with Gasteiger partial charge in [0.2, 0.25) is 5.91 Å². The van der Waals surface area contributed by atoms with E-state index in [0.29, 0.717) is 6.04 Å². The van der Waals surface area contributed by atoms with Gasteiger partial charge in [0.25, 0.3) is 0 Å². The third-order valence-corrected chi connectivity index (χ3v) is 5.48. The molecule has 2 aliphatic rings. The summed E-state index contributed by atoms with van der Waals surface area (Å²) in [4.78, 5) is 20.7. The predicted octanol–water partition coefficient (Wildman–Crippen LogP) is 2.27. The highest BCUT2D eigenvalue weighted by Crippen LogP contribution is 2.29. The number of likely N-dealkylation sites (N-methyl/N-ethyl adjacent to an activating group) is 1. The summed E-state index contributed by atoms with van der Waals surface area (Å²) >= 11 is 1.65. The zero-order valence-corrected chi connectivity index (χ0v) is 14.9. The summed E-state index contributed by atoms with van der Waals surface area (Å²) in [5.41, 5.74) is 1.18. The van der Waals surface area contributed by atoms with E-state index >= 15 is 0 Å². The summed E-state index contributed by atoms with van der Waals surface area (Å²) in [6.45, 7) is 8.38. The maximum Gasteiger partial charge on any atom is 0.229 e. The summed E-state index contributed by atoms with van der Waals surface area (Å²) in [6, 6.07) is 0.428. The average molecular weight is 345 g/mol. The van der Waals surface area contributed by atoms with Gasteiger partial charge in [-0.3, -0.25) is 9.69 Å². The molecule has 0 unspecified atom stereocenters. The first-order valence-electron chi connectivity index (χ1n) is 7.91. The van der Waals surface area contributed by atoms with E-state index in [-0.39, 0.29) is 24.2 Å². The van der Waals surface area contributed by atoms with Crippen molar-refractivity contribution in [3.05, 3.63) is 10.6 Å². The summed E-state index contributed by atoms with van der Waals surface area (Å²) in [5, 5.41) is 7.21. The second-order valence-corrected chi connectivity index (χ2v) is 7.16. The molecular formula is C15H25ClN4OS. The van der Waals surface area contributed by atoms with Crippen LogP contribution in [0.25, 0.3) is 0 Å². The lowest BCUT2D eigenvalue weighted by molar-refractivity contribution is -0.120. The number of fused-ring (bicyclic) bond motifs is 1. The maximum atomic E-state index is 12.4. The third-order valence-electron chi connectivity index (χ3n) is 4.48. The van der Waals surface area contributed by atoms with Gasteiger partial charge in [-0.15, -0.1) is 23.7 Å². The number of carbonyl (C=O) groups is 1. The van der Waals surface area contributed by atoms with Crippen LogP contribution >= 0.6 is 23.7 Å². The Labute approximate surface area is 142 Å². The number of hydrogen-bond donors (Lipinski definition) is 2. The Morgan fingerprint density at radius 2 is 2.36 bits per heavy atom. The van der Waals surface area contributed by atoms with Crippen molar-refractivity contribution < 1.29 is 4.79 Å². The molecule has 0 aliphatic carbocycles. The lowest BCUT2D eigenvalue weighted by Gasteiger charge is -2.26. The number of nitrogens with zero attached hydrogens (tertiary/aromatic N) is 2. The van der Waals surface area contributed by atoms with Crippen molar-refractivity contribution in [2.75, 3.05) is 25.0 Å². The molecule has 2 N–H and O–H groups in total. The van der Waals surface area contributed by atoms with Crippen molar-refractivity contribution in [2.45, 2.75) is 45.7 Å². The minimum absolute atomic E-state index is 0. The van der Waals surface area contributed by atoms with Crippen LogP contribution in [0.5, 0.6) is 0 Å². The SMILES string of the molecule is CCN1CCc2nc(NC(=O)[C@H]3CCN[C@@H](C)C3)sc2C1.Cl. The first kappa shape index (κ1) is 17.7. The van der Waals surface area contributed by atoms with Crippen molar-refractivity contribution in [2.24, 2.45) is 5.92 Å². The first-order valence-corrected chi connectivity index (χ1v) is 8.72. The van der Waals surface area contributed by atoms with E-state index in [9.17, 15) is 4.79 Å². The Kier molecular flexibility index (Phi) is 6.20. The number of rotatable bonds is 3. The lowest BCUT2D eigenvalue weighted by Crippen LogP contribution is -2.40. The molecule has 124 valence electrons. The highest BCUT2D eigenvalue weighted by molar-refractivity contribution is 7.15. The molecule has 1 amide bonds. The topological polar surface area (TPSA) is 57.3 Å². The van der Waals surface area contributed by atoms with E-state index in [2.05, 4.69) is 34.4 Å².